The average Bonchev–Trinajstić information content (AvgIpc) is 2.46. The highest BCUT2D eigenvalue weighted by atomic mass is 16.6. The van der Waals surface area contributed by atoms with Crippen molar-refractivity contribution in [3.05, 3.63) is 39.9 Å². The van der Waals surface area contributed by atoms with Gasteiger partial charge in [-0.05, 0) is 43.7 Å². The molecule has 1 aliphatic rings. The monoisotopic (exact) mass is 276 g/mol. The van der Waals surface area contributed by atoms with E-state index in [1.54, 1.807) is 18.2 Å². The Labute approximate surface area is 120 Å². The first-order chi connectivity index (χ1) is 9.70. The maximum absolute atomic E-state index is 10.8. The van der Waals surface area contributed by atoms with Crippen LogP contribution in [0, 0.1) is 16.0 Å². The fourth-order valence-corrected chi connectivity index (χ4v) is 3.15. The molecule has 1 aliphatic carbocycles. The Bertz CT molecular complexity index is 448. The summed E-state index contributed by atoms with van der Waals surface area (Å²) in [6.07, 6.45) is 7.14. The van der Waals surface area contributed by atoms with Crippen LogP contribution in [0.25, 0.3) is 0 Å². The SMILES string of the molecule is CCCNC1CCCCC1Cc1cccc([N+](=O)[O-])c1. The summed E-state index contributed by atoms with van der Waals surface area (Å²) in [5.41, 5.74) is 1.30. The van der Waals surface area contributed by atoms with E-state index in [0.29, 0.717) is 12.0 Å². The van der Waals surface area contributed by atoms with Gasteiger partial charge in [0.15, 0.2) is 0 Å². The lowest BCUT2D eigenvalue weighted by atomic mass is 9.80. The number of nitrogens with one attached hydrogen (secondary N) is 1. The third-order valence-electron chi connectivity index (χ3n) is 4.18. The quantitative estimate of drug-likeness (QED) is 0.636. The van der Waals surface area contributed by atoms with E-state index < -0.39 is 0 Å². The molecule has 1 N–H and O–H groups in total. The van der Waals surface area contributed by atoms with Gasteiger partial charge in [0.25, 0.3) is 5.69 Å². The van der Waals surface area contributed by atoms with Crippen LogP contribution in [0.2, 0.25) is 0 Å². The molecule has 0 aliphatic heterocycles. The van der Waals surface area contributed by atoms with Crippen LogP contribution in [0.3, 0.4) is 0 Å². The molecule has 0 aromatic heterocycles. The predicted octanol–water partition coefficient (Wildman–Crippen LogP) is 3.70. The van der Waals surface area contributed by atoms with E-state index in [4.69, 9.17) is 0 Å². The van der Waals surface area contributed by atoms with Crippen LogP contribution in [0.15, 0.2) is 24.3 Å². The minimum Gasteiger partial charge on any atom is -0.314 e. The molecule has 1 aromatic carbocycles. The Morgan fingerprint density at radius 2 is 2.15 bits per heavy atom. The lowest BCUT2D eigenvalue weighted by molar-refractivity contribution is -0.384. The molecule has 0 amide bonds. The first-order valence-electron chi connectivity index (χ1n) is 7.67. The Kier molecular flexibility index (Phi) is 5.53. The summed E-state index contributed by atoms with van der Waals surface area (Å²) in [4.78, 5) is 10.5. The topological polar surface area (TPSA) is 55.2 Å². The molecule has 4 heteroatoms. The number of nitro groups is 1. The van der Waals surface area contributed by atoms with Crippen molar-refractivity contribution < 1.29 is 4.92 Å². The van der Waals surface area contributed by atoms with Crippen molar-refractivity contribution in [2.24, 2.45) is 5.92 Å². The summed E-state index contributed by atoms with van der Waals surface area (Å²) >= 11 is 0. The van der Waals surface area contributed by atoms with E-state index >= 15 is 0 Å². The number of benzene rings is 1. The maximum atomic E-state index is 10.8. The number of hydrogen-bond donors (Lipinski definition) is 1. The molecule has 0 radical (unpaired) electrons. The lowest BCUT2D eigenvalue weighted by Gasteiger charge is -2.32. The highest BCUT2D eigenvalue weighted by Gasteiger charge is 2.24. The van der Waals surface area contributed by atoms with Crippen molar-refractivity contribution in [1.29, 1.82) is 0 Å². The third-order valence-corrected chi connectivity index (χ3v) is 4.18. The Morgan fingerprint density at radius 1 is 1.35 bits per heavy atom. The van der Waals surface area contributed by atoms with E-state index in [0.717, 1.165) is 24.9 Å². The Morgan fingerprint density at radius 3 is 2.90 bits per heavy atom. The summed E-state index contributed by atoms with van der Waals surface area (Å²) in [6, 6.07) is 7.68. The van der Waals surface area contributed by atoms with Crippen LogP contribution in [0.1, 0.15) is 44.6 Å². The molecule has 1 saturated carbocycles. The molecular formula is C16H24N2O2. The largest absolute Gasteiger partial charge is 0.314 e. The van der Waals surface area contributed by atoms with Crippen molar-refractivity contribution >= 4 is 5.69 Å². The zero-order chi connectivity index (χ0) is 14.4. The zero-order valence-corrected chi connectivity index (χ0v) is 12.2. The van der Waals surface area contributed by atoms with Gasteiger partial charge in [-0.15, -0.1) is 0 Å². The van der Waals surface area contributed by atoms with Gasteiger partial charge in [0.2, 0.25) is 0 Å². The summed E-state index contributed by atoms with van der Waals surface area (Å²) in [5.74, 6) is 0.609. The molecule has 110 valence electrons. The molecule has 2 rings (SSSR count). The molecule has 1 aromatic rings. The van der Waals surface area contributed by atoms with Crippen molar-refractivity contribution in [1.82, 2.24) is 5.32 Å². The van der Waals surface area contributed by atoms with Gasteiger partial charge in [0, 0.05) is 18.2 Å². The van der Waals surface area contributed by atoms with Crippen LogP contribution < -0.4 is 5.32 Å². The summed E-state index contributed by atoms with van der Waals surface area (Å²) < 4.78 is 0. The Hall–Kier alpha value is -1.42. The van der Waals surface area contributed by atoms with Crippen LogP contribution >= 0.6 is 0 Å². The second kappa shape index (κ2) is 7.39. The summed E-state index contributed by atoms with van der Waals surface area (Å²) in [7, 11) is 0. The van der Waals surface area contributed by atoms with Crippen molar-refractivity contribution in [3.63, 3.8) is 0 Å². The average molecular weight is 276 g/mol. The molecule has 1 fully saturated rings. The van der Waals surface area contributed by atoms with Crippen molar-refractivity contribution in [2.45, 2.75) is 51.5 Å². The van der Waals surface area contributed by atoms with Crippen LogP contribution in [0.5, 0.6) is 0 Å². The fourth-order valence-electron chi connectivity index (χ4n) is 3.15. The maximum Gasteiger partial charge on any atom is 0.269 e. The van der Waals surface area contributed by atoms with Gasteiger partial charge in [-0.1, -0.05) is 31.9 Å². The first-order valence-corrected chi connectivity index (χ1v) is 7.67. The molecular weight excluding hydrogens is 252 g/mol. The zero-order valence-electron chi connectivity index (χ0n) is 12.2. The fraction of sp³-hybridized carbons (Fsp3) is 0.625. The first kappa shape index (κ1) is 15.0. The van der Waals surface area contributed by atoms with Crippen LogP contribution in [-0.4, -0.2) is 17.5 Å². The minimum absolute atomic E-state index is 0.205. The smallest absolute Gasteiger partial charge is 0.269 e. The van der Waals surface area contributed by atoms with E-state index in [1.807, 2.05) is 6.07 Å². The molecule has 4 nitrogen and oxygen atoms in total. The van der Waals surface area contributed by atoms with Gasteiger partial charge in [-0.25, -0.2) is 0 Å². The molecule has 0 spiro atoms. The highest BCUT2D eigenvalue weighted by molar-refractivity contribution is 5.34. The minimum atomic E-state index is -0.308. The molecule has 0 saturated heterocycles. The van der Waals surface area contributed by atoms with E-state index in [2.05, 4.69) is 12.2 Å². The standard InChI is InChI=1S/C16H24N2O2/c1-2-10-17-16-9-4-3-7-14(16)11-13-6-5-8-15(12-13)18(19)20/h5-6,8,12,14,16-17H,2-4,7,9-11H2,1H3. The third kappa shape index (κ3) is 4.04. The van der Waals surface area contributed by atoms with Gasteiger partial charge in [-0.2, -0.15) is 0 Å². The van der Waals surface area contributed by atoms with Gasteiger partial charge < -0.3 is 5.32 Å². The normalized spacial score (nSPS) is 22.6. The van der Waals surface area contributed by atoms with Crippen molar-refractivity contribution in [3.8, 4) is 0 Å². The number of rotatable bonds is 6. The summed E-state index contributed by atoms with van der Waals surface area (Å²) in [6.45, 7) is 3.25. The van der Waals surface area contributed by atoms with Gasteiger partial charge in [-0.3, -0.25) is 10.1 Å². The second-order valence-corrected chi connectivity index (χ2v) is 5.74. The molecule has 0 bridgehead atoms. The van der Waals surface area contributed by atoms with Gasteiger partial charge >= 0.3 is 0 Å². The van der Waals surface area contributed by atoms with E-state index in [1.165, 1.54) is 25.7 Å². The second-order valence-electron chi connectivity index (χ2n) is 5.74. The molecule has 20 heavy (non-hydrogen) atoms. The van der Waals surface area contributed by atoms with E-state index in [9.17, 15) is 10.1 Å². The lowest BCUT2D eigenvalue weighted by Crippen LogP contribution is -2.39. The van der Waals surface area contributed by atoms with Crippen LogP contribution in [-0.2, 0) is 6.42 Å². The van der Waals surface area contributed by atoms with Gasteiger partial charge in [0.05, 0.1) is 4.92 Å². The number of non-ortho nitro benzene ring substituents is 1. The number of hydrogen-bond acceptors (Lipinski definition) is 3. The van der Waals surface area contributed by atoms with E-state index in [-0.39, 0.29) is 10.6 Å². The Balaban J connectivity index is 2.02. The number of nitro benzene ring substituents is 1. The molecule has 2 unspecified atom stereocenters. The molecule has 2 atom stereocenters. The van der Waals surface area contributed by atoms with Crippen molar-refractivity contribution in [2.75, 3.05) is 6.54 Å². The highest BCUT2D eigenvalue weighted by Crippen LogP contribution is 2.28. The predicted molar refractivity (Wildman–Crippen MR) is 80.8 cm³/mol. The summed E-state index contributed by atoms with van der Waals surface area (Å²) in [5, 5.41) is 14.5. The van der Waals surface area contributed by atoms with Gasteiger partial charge in [0.1, 0.15) is 0 Å². The number of nitrogens with zero attached hydrogens (tertiary/aromatic N) is 1. The molecule has 0 heterocycles. The van der Waals surface area contributed by atoms with Crippen LogP contribution in [0.4, 0.5) is 5.69 Å².